The van der Waals surface area contributed by atoms with E-state index in [0.717, 1.165) is 5.69 Å². The molecule has 9 nitrogen and oxygen atoms in total. The first-order chi connectivity index (χ1) is 10.1. The minimum atomic E-state index is 0. The van der Waals surface area contributed by atoms with E-state index in [9.17, 15) is 0 Å². The van der Waals surface area contributed by atoms with Crippen molar-refractivity contribution in [1.29, 1.82) is 0 Å². The summed E-state index contributed by atoms with van der Waals surface area (Å²) in [5.74, 6) is 1.98. The van der Waals surface area contributed by atoms with Crippen molar-refractivity contribution in [2.75, 3.05) is 19.5 Å². The number of anilines is 1. The van der Waals surface area contributed by atoms with Gasteiger partial charge in [-0.25, -0.2) is 4.99 Å². The lowest BCUT2D eigenvalue weighted by Crippen LogP contribution is -2.22. The molecular weight excluding hydrogens is 401 g/mol. The van der Waals surface area contributed by atoms with Gasteiger partial charge in [0.25, 0.3) is 0 Å². The van der Waals surface area contributed by atoms with Crippen molar-refractivity contribution in [3.05, 3.63) is 24.0 Å². The Morgan fingerprint density at radius 2 is 2.05 bits per heavy atom. The van der Waals surface area contributed by atoms with Crippen LogP contribution in [-0.2, 0) is 13.6 Å². The first-order valence-corrected chi connectivity index (χ1v) is 6.14. The van der Waals surface area contributed by atoms with E-state index in [-0.39, 0.29) is 36.5 Å². The van der Waals surface area contributed by atoms with Gasteiger partial charge < -0.3 is 20.5 Å². The number of guanidine groups is 1. The van der Waals surface area contributed by atoms with Crippen LogP contribution >= 0.6 is 24.0 Å². The molecule has 0 bridgehead atoms. The molecule has 0 amide bonds. The van der Waals surface area contributed by atoms with Crippen LogP contribution in [0.5, 0.6) is 11.5 Å². The highest BCUT2D eigenvalue weighted by Gasteiger charge is 2.05. The number of nitrogens with two attached hydrogens (primary N) is 1. The van der Waals surface area contributed by atoms with Gasteiger partial charge in [0, 0.05) is 11.8 Å². The number of nitrogens with zero attached hydrogens (tertiary/aromatic N) is 5. The molecule has 0 aliphatic rings. The molecule has 10 heteroatoms. The fraction of sp³-hybridized carbons (Fsp3) is 0.333. The van der Waals surface area contributed by atoms with E-state index in [0.29, 0.717) is 17.3 Å². The first-order valence-electron chi connectivity index (χ1n) is 6.14. The zero-order valence-corrected chi connectivity index (χ0v) is 14.8. The SMILES string of the molecule is COc1ccc(NC(N)=NCc2nnn(C)n2)cc1OC.I. The number of tetrazole rings is 1. The second-order valence-electron chi connectivity index (χ2n) is 4.09. The van der Waals surface area contributed by atoms with Crippen molar-refractivity contribution in [3.63, 3.8) is 0 Å². The van der Waals surface area contributed by atoms with E-state index in [4.69, 9.17) is 15.2 Å². The predicted molar refractivity (Wildman–Crippen MR) is 92.7 cm³/mol. The van der Waals surface area contributed by atoms with Gasteiger partial charge in [-0.15, -0.1) is 34.2 Å². The third-order valence-electron chi connectivity index (χ3n) is 2.60. The second-order valence-corrected chi connectivity index (χ2v) is 4.09. The Kier molecular flexibility index (Phi) is 6.82. The summed E-state index contributed by atoms with van der Waals surface area (Å²) in [5.41, 5.74) is 6.54. The first kappa shape index (κ1) is 17.9. The average Bonchev–Trinajstić information content (AvgIpc) is 2.90. The number of aryl methyl sites for hydroxylation is 1. The third-order valence-corrected chi connectivity index (χ3v) is 2.60. The molecular formula is C12H18IN7O2. The van der Waals surface area contributed by atoms with Gasteiger partial charge in [-0.05, 0) is 17.3 Å². The molecule has 120 valence electrons. The maximum Gasteiger partial charge on any atom is 0.196 e. The van der Waals surface area contributed by atoms with Crippen molar-refractivity contribution in [2.45, 2.75) is 6.54 Å². The molecule has 0 fully saturated rings. The lowest BCUT2D eigenvalue weighted by atomic mass is 10.3. The smallest absolute Gasteiger partial charge is 0.196 e. The zero-order valence-electron chi connectivity index (χ0n) is 12.5. The standard InChI is InChI=1S/C12H17N7O2.HI/c1-19-17-11(16-18-19)7-14-12(13)15-8-4-5-9(20-2)10(6-8)21-3;/h4-6H,7H2,1-3H3,(H3,13,14,15);1H. The normalized spacial score (nSPS) is 10.8. The van der Waals surface area contributed by atoms with E-state index >= 15 is 0 Å². The van der Waals surface area contributed by atoms with Gasteiger partial charge in [0.1, 0.15) is 6.54 Å². The molecule has 0 radical (unpaired) electrons. The summed E-state index contributed by atoms with van der Waals surface area (Å²) < 4.78 is 10.4. The molecule has 22 heavy (non-hydrogen) atoms. The lowest BCUT2D eigenvalue weighted by Gasteiger charge is -2.10. The van der Waals surface area contributed by atoms with E-state index in [1.807, 2.05) is 6.07 Å². The van der Waals surface area contributed by atoms with Crippen LogP contribution in [0.15, 0.2) is 23.2 Å². The number of ether oxygens (including phenoxy) is 2. The Morgan fingerprint density at radius 3 is 2.64 bits per heavy atom. The van der Waals surface area contributed by atoms with E-state index in [2.05, 4.69) is 25.7 Å². The molecule has 2 aromatic rings. The Bertz CT molecular complexity index is 644. The molecule has 1 aromatic carbocycles. The summed E-state index contributed by atoms with van der Waals surface area (Å²) in [7, 11) is 4.83. The molecule has 3 N–H and O–H groups in total. The van der Waals surface area contributed by atoms with Gasteiger partial charge >= 0.3 is 0 Å². The van der Waals surface area contributed by atoms with Crippen LogP contribution in [-0.4, -0.2) is 40.4 Å². The number of methoxy groups -OCH3 is 2. The topological polar surface area (TPSA) is 112 Å². The Labute approximate surface area is 144 Å². The minimum absolute atomic E-state index is 0. The highest BCUT2D eigenvalue weighted by atomic mass is 127. The fourth-order valence-corrected chi connectivity index (χ4v) is 1.64. The third kappa shape index (κ3) is 4.72. The highest BCUT2D eigenvalue weighted by Crippen LogP contribution is 2.29. The van der Waals surface area contributed by atoms with E-state index in [1.165, 1.54) is 4.80 Å². The zero-order chi connectivity index (χ0) is 15.2. The number of hydrogen-bond donors (Lipinski definition) is 2. The molecule has 0 unspecified atom stereocenters. The van der Waals surface area contributed by atoms with Crippen LogP contribution in [0, 0.1) is 0 Å². The number of nitrogens with one attached hydrogen (secondary N) is 1. The van der Waals surface area contributed by atoms with Crippen LogP contribution in [0.25, 0.3) is 0 Å². The maximum atomic E-state index is 5.81. The van der Waals surface area contributed by atoms with Crippen LogP contribution in [0.3, 0.4) is 0 Å². The number of benzene rings is 1. The Morgan fingerprint density at radius 1 is 1.32 bits per heavy atom. The van der Waals surface area contributed by atoms with Crippen LogP contribution in [0.2, 0.25) is 0 Å². The molecule has 0 aliphatic carbocycles. The molecule has 1 aromatic heterocycles. The summed E-state index contributed by atoms with van der Waals surface area (Å²) in [6, 6.07) is 5.35. The van der Waals surface area contributed by atoms with Crippen molar-refractivity contribution in [3.8, 4) is 11.5 Å². The summed E-state index contributed by atoms with van der Waals surface area (Å²) in [6.45, 7) is 0.250. The lowest BCUT2D eigenvalue weighted by molar-refractivity contribution is 0.355. The van der Waals surface area contributed by atoms with E-state index in [1.54, 1.807) is 33.4 Å². The van der Waals surface area contributed by atoms with Crippen LogP contribution in [0.4, 0.5) is 5.69 Å². The van der Waals surface area contributed by atoms with Gasteiger partial charge in [0.05, 0.1) is 21.3 Å². The maximum absolute atomic E-state index is 5.81. The quantitative estimate of drug-likeness (QED) is 0.418. The van der Waals surface area contributed by atoms with Gasteiger partial charge in [-0.2, -0.15) is 4.80 Å². The minimum Gasteiger partial charge on any atom is -0.493 e. The molecule has 2 rings (SSSR count). The monoisotopic (exact) mass is 419 g/mol. The average molecular weight is 419 g/mol. The molecule has 1 heterocycles. The molecule has 0 spiro atoms. The highest BCUT2D eigenvalue weighted by molar-refractivity contribution is 14.0. The number of aliphatic imine (C=N–C) groups is 1. The summed E-state index contributed by atoms with van der Waals surface area (Å²) in [4.78, 5) is 5.50. The Balaban J connectivity index is 0.00000242. The number of aromatic nitrogens is 4. The predicted octanol–water partition coefficient (Wildman–Crippen LogP) is 0.772. The number of halogens is 1. The Hall–Kier alpha value is -2.11. The molecule has 0 saturated carbocycles. The second kappa shape index (κ2) is 8.36. The van der Waals surface area contributed by atoms with Crippen molar-refractivity contribution < 1.29 is 9.47 Å². The number of rotatable bonds is 5. The molecule has 0 atom stereocenters. The summed E-state index contributed by atoms with van der Waals surface area (Å²) in [5, 5.41) is 14.5. The van der Waals surface area contributed by atoms with Gasteiger partial charge in [0.2, 0.25) is 0 Å². The molecule has 0 aliphatic heterocycles. The largest absolute Gasteiger partial charge is 0.493 e. The van der Waals surface area contributed by atoms with E-state index < -0.39 is 0 Å². The van der Waals surface area contributed by atoms with Gasteiger partial charge in [0.15, 0.2) is 23.3 Å². The van der Waals surface area contributed by atoms with Crippen molar-refractivity contribution in [2.24, 2.45) is 17.8 Å². The summed E-state index contributed by atoms with van der Waals surface area (Å²) >= 11 is 0. The van der Waals surface area contributed by atoms with Gasteiger partial charge in [-0.1, -0.05) is 0 Å². The fourth-order valence-electron chi connectivity index (χ4n) is 1.64. The summed E-state index contributed by atoms with van der Waals surface area (Å²) in [6.07, 6.45) is 0. The van der Waals surface area contributed by atoms with Crippen molar-refractivity contribution >= 4 is 35.6 Å². The van der Waals surface area contributed by atoms with Crippen LogP contribution < -0.4 is 20.5 Å². The van der Waals surface area contributed by atoms with Crippen molar-refractivity contribution in [1.82, 2.24) is 20.2 Å². The van der Waals surface area contributed by atoms with Crippen LogP contribution in [0.1, 0.15) is 5.82 Å². The number of hydrogen-bond acceptors (Lipinski definition) is 6. The van der Waals surface area contributed by atoms with Gasteiger partial charge in [-0.3, -0.25) is 0 Å². The molecule has 0 saturated heterocycles.